The lowest BCUT2D eigenvalue weighted by Gasteiger charge is -2.12. The smallest absolute Gasteiger partial charge is 0.226 e. The van der Waals surface area contributed by atoms with E-state index < -0.39 is 0 Å². The molecule has 0 radical (unpaired) electrons. The van der Waals surface area contributed by atoms with Crippen molar-refractivity contribution >= 4 is 5.91 Å². The number of carbonyl (C=O) groups excluding carboxylic acids is 1. The standard InChI is InChI=1S/C24H28FN3O4/c1-4-22-21(13-14-23(29)26-15-16-30-2)24(32-20-9-5-17(25)6-10-20)28(27-22)18-7-11-19(31-3)12-8-18/h5-12H,4,13-16H2,1-3H3,(H,26,29). The highest BCUT2D eigenvalue weighted by Crippen LogP contribution is 2.32. The van der Waals surface area contributed by atoms with Crippen molar-refractivity contribution in [1.29, 1.82) is 0 Å². The summed E-state index contributed by atoms with van der Waals surface area (Å²) in [6.45, 7) is 2.92. The molecule has 0 bridgehead atoms. The number of aryl methyl sites for hydroxylation is 1. The number of benzene rings is 2. The second-order valence-corrected chi connectivity index (χ2v) is 7.09. The number of carbonyl (C=O) groups is 1. The van der Waals surface area contributed by atoms with Gasteiger partial charge in [-0.3, -0.25) is 4.79 Å². The number of nitrogens with zero attached hydrogens (tertiary/aromatic N) is 2. The van der Waals surface area contributed by atoms with Gasteiger partial charge in [-0.2, -0.15) is 5.10 Å². The van der Waals surface area contributed by atoms with Crippen LogP contribution in [0.3, 0.4) is 0 Å². The molecule has 0 saturated heterocycles. The molecular formula is C24H28FN3O4. The van der Waals surface area contributed by atoms with Crippen LogP contribution >= 0.6 is 0 Å². The van der Waals surface area contributed by atoms with Crippen LogP contribution in [0.15, 0.2) is 48.5 Å². The van der Waals surface area contributed by atoms with E-state index in [2.05, 4.69) is 5.32 Å². The summed E-state index contributed by atoms with van der Waals surface area (Å²) in [5.74, 6) is 1.29. The van der Waals surface area contributed by atoms with Crippen LogP contribution in [-0.4, -0.2) is 43.1 Å². The summed E-state index contributed by atoms with van der Waals surface area (Å²) in [5.41, 5.74) is 2.46. The van der Waals surface area contributed by atoms with Crippen LogP contribution in [0, 0.1) is 5.82 Å². The number of ether oxygens (including phenoxy) is 3. The molecule has 8 heteroatoms. The number of halogens is 1. The Labute approximate surface area is 187 Å². The molecule has 0 aliphatic heterocycles. The highest BCUT2D eigenvalue weighted by molar-refractivity contribution is 5.76. The number of amides is 1. The van der Waals surface area contributed by atoms with Crippen molar-refractivity contribution in [2.24, 2.45) is 0 Å². The molecule has 1 aromatic heterocycles. The zero-order valence-electron chi connectivity index (χ0n) is 18.6. The van der Waals surface area contributed by atoms with Gasteiger partial charge in [0, 0.05) is 25.6 Å². The minimum absolute atomic E-state index is 0.0750. The second kappa shape index (κ2) is 11.3. The van der Waals surface area contributed by atoms with Crippen LogP contribution in [0.1, 0.15) is 24.6 Å². The van der Waals surface area contributed by atoms with Crippen molar-refractivity contribution in [1.82, 2.24) is 15.1 Å². The summed E-state index contributed by atoms with van der Waals surface area (Å²) in [4.78, 5) is 12.3. The number of methoxy groups -OCH3 is 2. The van der Waals surface area contributed by atoms with Crippen LogP contribution in [0.4, 0.5) is 4.39 Å². The van der Waals surface area contributed by atoms with E-state index in [0.717, 1.165) is 22.7 Å². The van der Waals surface area contributed by atoms with Gasteiger partial charge < -0.3 is 19.5 Å². The van der Waals surface area contributed by atoms with Crippen molar-refractivity contribution in [2.45, 2.75) is 26.2 Å². The van der Waals surface area contributed by atoms with Gasteiger partial charge in [-0.25, -0.2) is 9.07 Å². The third kappa shape index (κ3) is 5.85. The average Bonchev–Trinajstić information content (AvgIpc) is 3.16. The zero-order valence-corrected chi connectivity index (χ0v) is 18.6. The van der Waals surface area contributed by atoms with Crippen molar-refractivity contribution in [3.8, 4) is 23.1 Å². The van der Waals surface area contributed by atoms with Crippen molar-refractivity contribution in [3.63, 3.8) is 0 Å². The van der Waals surface area contributed by atoms with E-state index in [0.29, 0.717) is 37.6 Å². The van der Waals surface area contributed by atoms with Crippen LogP contribution in [0.25, 0.3) is 5.69 Å². The fourth-order valence-electron chi connectivity index (χ4n) is 3.25. The quantitative estimate of drug-likeness (QED) is 0.454. The van der Waals surface area contributed by atoms with Crippen LogP contribution in [0.5, 0.6) is 17.4 Å². The molecule has 0 unspecified atom stereocenters. The molecule has 0 spiro atoms. The number of hydrogen-bond acceptors (Lipinski definition) is 5. The average molecular weight is 442 g/mol. The molecule has 0 aliphatic rings. The molecular weight excluding hydrogens is 413 g/mol. The van der Waals surface area contributed by atoms with E-state index in [-0.39, 0.29) is 18.1 Å². The molecule has 0 saturated carbocycles. The maximum atomic E-state index is 13.4. The molecule has 170 valence electrons. The van der Waals surface area contributed by atoms with Crippen molar-refractivity contribution in [3.05, 3.63) is 65.6 Å². The van der Waals surface area contributed by atoms with E-state index in [1.165, 1.54) is 12.1 Å². The zero-order chi connectivity index (χ0) is 22.9. The summed E-state index contributed by atoms with van der Waals surface area (Å²) in [5, 5.41) is 7.58. The maximum absolute atomic E-state index is 13.4. The van der Waals surface area contributed by atoms with Gasteiger partial charge >= 0.3 is 0 Å². The Kier molecular flexibility index (Phi) is 8.21. The van der Waals surface area contributed by atoms with Gasteiger partial charge in [-0.1, -0.05) is 6.92 Å². The first-order chi connectivity index (χ1) is 15.5. The van der Waals surface area contributed by atoms with E-state index >= 15 is 0 Å². The first kappa shape index (κ1) is 23.3. The largest absolute Gasteiger partial charge is 0.497 e. The highest BCUT2D eigenvalue weighted by atomic mass is 19.1. The normalized spacial score (nSPS) is 10.8. The first-order valence-corrected chi connectivity index (χ1v) is 10.5. The lowest BCUT2D eigenvalue weighted by atomic mass is 10.1. The molecule has 1 N–H and O–H groups in total. The molecule has 0 fully saturated rings. The molecule has 32 heavy (non-hydrogen) atoms. The minimum atomic E-state index is -0.344. The summed E-state index contributed by atoms with van der Waals surface area (Å²) >= 11 is 0. The Morgan fingerprint density at radius 3 is 2.38 bits per heavy atom. The molecule has 3 rings (SSSR count). The van der Waals surface area contributed by atoms with Crippen molar-refractivity contribution in [2.75, 3.05) is 27.4 Å². The Balaban J connectivity index is 1.94. The van der Waals surface area contributed by atoms with Gasteiger partial charge in [0.15, 0.2) is 0 Å². The summed E-state index contributed by atoms with van der Waals surface area (Å²) < 4.78 is 31.5. The third-order valence-corrected chi connectivity index (χ3v) is 4.93. The van der Waals surface area contributed by atoms with E-state index in [1.54, 1.807) is 31.0 Å². The van der Waals surface area contributed by atoms with E-state index in [1.807, 2.05) is 31.2 Å². The number of aromatic nitrogens is 2. The SMILES string of the molecule is CCc1nn(-c2ccc(OC)cc2)c(Oc2ccc(F)cc2)c1CCC(=O)NCCOC. The first-order valence-electron chi connectivity index (χ1n) is 10.5. The van der Waals surface area contributed by atoms with Gasteiger partial charge in [0.25, 0.3) is 0 Å². The predicted octanol–water partition coefficient (Wildman–Crippen LogP) is 4.07. The van der Waals surface area contributed by atoms with Gasteiger partial charge in [0.1, 0.15) is 17.3 Å². The molecule has 3 aromatic rings. The third-order valence-electron chi connectivity index (χ3n) is 4.93. The lowest BCUT2D eigenvalue weighted by Crippen LogP contribution is -2.27. The minimum Gasteiger partial charge on any atom is -0.497 e. The van der Waals surface area contributed by atoms with Crippen LogP contribution < -0.4 is 14.8 Å². The lowest BCUT2D eigenvalue weighted by molar-refractivity contribution is -0.121. The Morgan fingerprint density at radius 1 is 1.06 bits per heavy atom. The molecule has 0 atom stereocenters. The summed E-state index contributed by atoms with van der Waals surface area (Å²) in [6, 6.07) is 13.2. The van der Waals surface area contributed by atoms with Gasteiger partial charge in [0.2, 0.25) is 11.8 Å². The predicted molar refractivity (Wildman–Crippen MR) is 119 cm³/mol. The molecule has 7 nitrogen and oxygen atoms in total. The van der Waals surface area contributed by atoms with Gasteiger partial charge in [0.05, 0.1) is 25.1 Å². The fourth-order valence-corrected chi connectivity index (χ4v) is 3.25. The molecule has 2 aromatic carbocycles. The van der Waals surface area contributed by atoms with E-state index in [4.69, 9.17) is 19.3 Å². The molecule has 1 heterocycles. The Hall–Kier alpha value is -3.39. The van der Waals surface area contributed by atoms with Gasteiger partial charge in [-0.15, -0.1) is 0 Å². The van der Waals surface area contributed by atoms with Crippen LogP contribution in [0.2, 0.25) is 0 Å². The highest BCUT2D eigenvalue weighted by Gasteiger charge is 2.21. The van der Waals surface area contributed by atoms with E-state index in [9.17, 15) is 9.18 Å². The van der Waals surface area contributed by atoms with Crippen LogP contribution in [-0.2, 0) is 22.4 Å². The molecule has 0 aliphatic carbocycles. The number of nitrogens with one attached hydrogen (secondary N) is 1. The summed E-state index contributed by atoms with van der Waals surface area (Å²) in [6.07, 6.45) is 1.41. The Morgan fingerprint density at radius 2 is 1.75 bits per heavy atom. The number of rotatable bonds is 11. The monoisotopic (exact) mass is 441 g/mol. The second-order valence-electron chi connectivity index (χ2n) is 7.09. The molecule has 1 amide bonds. The maximum Gasteiger partial charge on any atom is 0.226 e. The van der Waals surface area contributed by atoms with Gasteiger partial charge in [-0.05, 0) is 61.4 Å². The Bertz CT molecular complexity index is 1020. The number of hydrogen-bond donors (Lipinski definition) is 1. The van der Waals surface area contributed by atoms with Crippen molar-refractivity contribution < 1.29 is 23.4 Å². The fraction of sp³-hybridized carbons (Fsp3) is 0.333. The summed E-state index contributed by atoms with van der Waals surface area (Å²) in [7, 11) is 3.20. The topological polar surface area (TPSA) is 74.6 Å².